The molecular weight excluding hydrogens is 246 g/mol. The molecule has 0 aliphatic carbocycles. The first kappa shape index (κ1) is 17.7. The van der Waals surface area contributed by atoms with Gasteiger partial charge in [-0.05, 0) is 58.5 Å². The van der Waals surface area contributed by atoms with Crippen molar-refractivity contribution in [3.05, 3.63) is 12.7 Å². The summed E-state index contributed by atoms with van der Waals surface area (Å²) in [5.74, 6) is 5.89. The molecule has 0 aromatic heterocycles. The fraction of sp³-hybridized carbons (Fsp3) is 0.882. The Morgan fingerprint density at radius 2 is 1.95 bits per heavy atom. The lowest BCUT2D eigenvalue weighted by molar-refractivity contribution is 0.0394. The van der Waals surface area contributed by atoms with Crippen molar-refractivity contribution in [3.8, 4) is 0 Å². The van der Waals surface area contributed by atoms with E-state index in [1.165, 1.54) is 58.0 Å². The van der Waals surface area contributed by atoms with E-state index in [2.05, 4.69) is 30.8 Å². The van der Waals surface area contributed by atoms with Crippen LogP contribution >= 0.6 is 0 Å². The summed E-state index contributed by atoms with van der Waals surface area (Å²) in [5, 5.41) is 0. The van der Waals surface area contributed by atoms with Crippen LogP contribution in [-0.4, -0.2) is 29.6 Å². The van der Waals surface area contributed by atoms with Crippen LogP contribution in [0.25, 0.3) is 0 Å². The summed E-state index contributed by atoms with van der Waals surface area (Å²) >= 11 is 0. The quantitative estimate of drug-likeness (QED) is 0.278. The zero-order valence-corrected chi connectivity index (χ0v) is 13.7. The van der Waals surface area contributed by atoms with E-state index < -0.39 is 0 Å². The van der Waals surface area contributed by atoms with Crippen molar-refractivity contribution in [3.63, 3.8) is 0 Å². The highest BCUT2D eigenvalue weighted by atomic mass is 15.3. The highest BCUT2D eigenvalue weighted by molar-refractivity contribution is 4.96. The number of hydrogen-bond acceptors (Lipinski definition) is 3. The summed E-state index contributed by atoms with van der Waals surface area (Å²) in [4.78, 5) is 2.67. The van der Waals surface area contributed by atoms with Gasteiger partial charge < -0.3 is 0 Å². The van der Waals surface area contributed by atoms with Crippen LogP contribution in [0, 0.1) is 0 Å². The Kier molecular flexibility index (Phi) is 8.43. The van der Waals surface area contributed by atoms with Crippen LogP contribution < -0.4 is 11.3 Å². The van der Waals surface area contributed by atoms with Crippen molar-refractivity contribution in [1.29, 1.82) is 0 Å². The summed E-state index contributed by atoms with van der Waals surface area (Å²) in [6.45, 7) is 11.0. The van der Waals surface area contributed by atoms with Crippen molar-refractivity contribution in [2.45, 2.75) is 83.2 Å². The molecule has 3 N–H and O–H groups in total. The Hall–Kier alpha value is -0.380. The number of rotatable bonds is 10. The van der Waals surface area contributed by atoms with Gasteiger partial charge in [-0.1, -0.05) is 32.3 Å². The van der Waals surface area contributed by atoms with Crippen molar-refractivity contribution >= 4 is 0 Å². The highest BCUT2D eigenvalue weighted by Gasteiger charge is 2.37. The molecule has 0 spiro atoms. The van der Waals surface area contributed by atoms with Crippen molar-refractivity contribution in [1.82, 2.24) is 10.3 Å². The van der Waals surface area contributed by atoms with E-state index in [-0.39, 0.29) is 5.54 Å². The molecule has 1 rings (SSSR count). The second-order valence-corrected chi connectivity index (χ2v) is 6.40. The molecule has 1 aliphatic heterocycles. The molecule has 2 atom stereocenters. The van der Waals surface area contributed by atoms with Crippen LogP contribution in [0.3, 0.4) is 0 Å². The highest BCUT2D eigenvalue weighted by Crippen LogP contribution is 2.29. The maximum atomic E-state index is 5.89. The number of hydrazine groups is 1. The number of hydrogen-bond donors (Lipinski definition) is 2. The molecule has 3 nitrogen and oxygen atoms in total. The predicted molar refractivity (Wildman–Crippen MR) is 88.5 cm³/mol. The van der Waals surface area contributed by atoms with E-state index in [1.54, 1.807) is 0 Å². The lowest BCUT2D eigenvalue weighted by Gasteiger charge is -2.48. The Bertz CT molecular complexity index is 261. The molecule has 0 aromatic carbocycles. The standard InChI is InChI=1S/C17H35N3/c1-4-6-7-8-10-13-16(19-18)17(3,5-2)20-14-11-9-12-15-20/h4,16,19H,1,5-15,18H2,2-3H3. The first-order valence-electron chi connectivity index (χ1n) is 8.51. The van der Waals surface area contributed by atoms with Crippen LogP contribution in [-0.2, 0) is 0 Å². The molecule has 1 saturated heterocycles. The fourth-order valence-corrected chi connectivity index (χ4v) is 3.48. The number of nitrogens with zero attached hydrogens (tertiary/aromatic N) is 1. The molecule has 20 heavy (non-hydrogen) atoms. The van der Waals surface area contributed by atoms with Gasteiger partial charge >= 0.3 is 0 Å². The predicted octanol–water partition coefficient (Wildman–Crippen LogP) is 3.61. The van der Waals surface area contributed by atoms with E-state index in [4.69, 9.17) is 5.84 Å². The summed E-state index contributed by atoms with van der Waals surface area (Å²) in [5.41, 5.74) is 3.32. The molecule has 0 saturated carbocycles. The van der Waals surface area contributed by atoms with Crippen LogP contribution in [0.2, 0.25) is 0 Å². The summed E-state index contributed by atoms with van der Waals surface area (Å²) < 4.78 is 0. The minimum Gasteiger partial charge on any atom is -0.296 e. The molecular formula is C17H35N3. The average molecular weight is 281 g/mol. The first-order chi connectivity index (χ1) is 9.69. The van der Waals surface area contributed by atoms with Crippen molar-refractivity contribution in [2.24, 2.45) is 5.84 Å². The van der Waals surface area contributed by atoms with Gasteiger partial charge in [0, 0.05) is 11.6 Å². The normalized spacial score (nSPS) is 21.4. The van der Waals surface area contributed by atoms with E-state index in [0.29, 0.717) is 6.04 Å². The molecule has 1 heterocycles. The Balaban J connectivity index is 2.51. The maximum Gasteiger partial charge on any atom is 0.0392 e. The smallest absolute Gasteiger partial charge is 0.0392 e. The topological polar surface area (TPSA) is 41.3 Å². The number of likely N-dealkylation sites (tertiary alicyclic amines) is 1. The number of unbranched alkanes of at least 4 members (excludes halogenated alkanes) is 3. The molecule has 0 radical (unpaired) electrons. The van der Waals surface area contributed by atoms with Crippen LogP contribution in [0.1, 0.15) is 71.6 Å². The first-order valence-corrected chi connectivity index (χ1v) is 8.51. The van der Waals surface area contributed by atoms with Crippen LogP contribution in [0.5, 0.6) is 0 Å². The fourth-order valence-electron chi connectivity index (χ4n) is 3.48. The average Bonchev–Trinajstić information content (AvgIpc) is 2.51. The molecule has 1 aliphatic rings. The lowest BCUT2D eigenvalue weighted by atomic mass is 9.83. The number of nitrogens with one attached hydrogen (secondary N) is 1. The maximum absolute atomic E-state index is 5.89. The van der Waals surface area contributed by atoms with Gasteiger partial charge in [-0.15, -0.1) is 6.58 Å². The molecule has 2 unspecified atom stereocenters. The SMILES string of the molecule is C=CCCCCCC(NN)C(C)(CC)N1CCCCC1. The molecule has 0 amide bonds. The largest absolute Gasteiger partial charge is 0.296 e. The summed E-state index contributed by atoms with van der Waals surface area (Å²) in [6, 6.07) is 0.398. The minimum atomic E-state index is 0.202. The molecule has 118 valence electrons. The lowest BCUT2D eigenvalue weighted by Crippen LogP contribution is -2.61. The van der Waals surface area contributed by atoms with Crippen LogP contribution in [0.4, 0.5) is 0 Å². The third-order valence-corrected chi connectivity index (χ3v) is 5.15. The molecule has 1 fully saturated rings. The van der Waals surface area contributed by atoms with E-state index in [1.807, 2.05) is 6.08 Å². The number of nitrogens with two attached hydrogens (primary N) is 1. The summed E-state index contributed by atoms with van der Waals surface area (Å²) in [7, 11) is 0. The second kappa shape index (κ2) is 9.54. The number of allylic oxidation sites excluding steroid dienone is 1. The second-order valence-electron chi connectivity index (χ2n) is 6.40. The molecule has 3 heteroatoms. The minimum absolute atomic E-state index is 0.202. The number of piperidine rings is 1. The van der Waals surface area contributed by atoms with Gasteiger partial charge in [-0.2, -0.15) is 0 Å². The van der Waals surface area contributed by atoms with E-state index in [0.717, 1.165) is 12.8 Å². The third kappa shape index (κ3) is 4.87. The van der Waals surface area contributed by atoms with Gasteiger partial charge in [0.1, 0.15) is 0 Å². The Morgan fingerprint density at radius 3 is 2.50 bits per heavy atom. The Labute approximate surface area is 126 Å². The van der Waals surface area contributed by atoms with E-state index >= 15 is 0 Å². The van der Waals surface area contributed by atoms with Gasteiger partial charge in [0.15, 0.2) is 0 Å². The monoisotopic (exact) mass is 281 g/mol. The van der Waals surface area contributed by atoms with Gasteiger partial charge in [-0.25, -0.2) is 0 Å². The summed E-state index contributed by atoms with van der Waals surface area (Å²) in [6.07, 6.45) is 13.4. The zero-order chi connectivity index (χ0) is 14.8. The van der Waals surface area contributed by atoms with Gasteiger partial charge in [0.05, 0.1) is 0 Å². The van der Waals surface area contributed by atoms with Crippen molar-refractivity contribution < 1.29 is 0 Å². The van der Waals surface area contributed by atoms with Gasteiger partial charge in [0.25, 0.3) is 0 Å². The molecule has 0 aromatic rings. The zero-order valence-electron chi connectivity index (χ0n) is 13.7. The van der Waals surface area contributed by atoms with Gasteiger partial charge in [0.2, 0.25) is 0 Å². The van der Waals surface area contributed by atoms with Crippen LogP contribution in [0.15, 0.2) is 12.7 Å². The Morgan fingerprint density at radius 1 is 1.25 bits per heavy atom. The van der Waals surface area contributed by atoms with E-state index in [9.17, 15) is 0 Å². The molecule has 0 bridgehead atoms. The van der Waals surface area contributed by atoms with Crippen molar-refractivity contribution in [2.75, 3.05) is 13.1 Å². The third-order valence-electron chi connectivity index (χ3n) is 5.15. The van der Waals surface area contributed by atoms with Gasteiger partial charge in [-0.3, -0.25) is 16.2 Å².